The molecule has 0 aliphatic carbocycles. The fourth-order valence-electron chi connectivity index (χ4n) is 2.82. The lowest BCUT2D eigenvalue weighted by Crippen LogP contribution is -2.46. The van der Waals surface area contributed by atoms with Crippen molar-refractivity contribution in [2.45, 2.75) is 37.9 Å². The zero-order chi connectivity index (χ0) is 18.5. The molecule has 3 rings (SSSR count). The number of H-pyrrole nitrogens is 1. The fraction of sp³-hybridized carbons (Fsp3) is 0.583. The van der Waals surface area contributed by atoms with Crippen LogP contribution in [0.5, 0.6) is 0 Å². The highest BCUT2D eigenvalue weighted by molar-refractivity contribution is 7.46. The van der Waals surface area contributed by atoms with Crippen LogP contribution in [0, 0.1) is 6.92 Å². The molecule has 138 valence electrons. The van der Waals surface area contributed by atoms with E-state index in [0.29, 0.717) is 0 Å². The third-order valence-corrected chi connectivity index (χ3v) is 4.42. The molecule has 1 saturated heterocycles. The van der Waals surface area contributed by atoms with Crippen LogP contribution < -0.4 is 10.5 Å². The summed E-state index contributed by atoms with van der Waals surface area (Å²) >= 11 is 0. The monoisotopic (exact) mass is 377 g/mol. The number of aromatic nitrogens is 2. The van der Waals surface area contributed by atoms with E-state index in [1.807, 2.05) is 0 Å². The average molecular weight is 377 g/mol. The SMILES string of the molecule is Cc1nc2c(c(=O)[nH]1)CC(=O)N2[C@@H]1O[C@H](COP(=O)(O)O)[C@@H](O)[C@H]1O. The molecule has 0 bridgehead atoms. The normalized spacial score (nSPS) is 29.3. The van der Waals surface area contributed by atoms with Crippen LogP contribution in [0.1, 0.15) is 11.4 Å². The van der Waals surface area contributed by atoms with E-state index in [9.17, 15) is 24.4 Å². The van der Waals surface area contributed by atoms with Crippen LogP contribution in [0.3, 0.4) is 0 Å². The van der Waals surface area contributed by atoms with E-state index in [-0.39, 0.29) is 23.6 Å². The first kappa shape index (κ1) is 18.1. The molecule has 25 heavy (non-hydrogen) atoms. The summed E-state index contributed by atoms with van der Waals surface area (Å²) in [5, 5.41) is 20.2. The summed E-state index contributed by atoms with van der Waals surface area (Å²) in [6, 6.07) is 0. The van der Waals surface area contributed by atoms with Crippen molar-refractivity contribution < 1.29 is 38.6 Å². The highest BCUT2D eigenvalue weighted by atomic mass is 31.2. The van der Waals surface area contributed by atoms with Gasteiger partial charge >= 0.3 is 7.82 Å². The van der Waals surface area contributed by atoms with E-state index >= 15 is 0 Å². The maximum absolute atomic E-state index is 12.3. The number of nitrogens with zero attached hydrogens (tertiary/aromatic N) is 2. The van der Waals surface area contributed by atoms with Crippen molar-refractivity contribution in [3.63, 3.8) is 0 Å². The molecule has 0 aromatic carbocycles. The molecular formula is C12H16N3O9P. The number of hydrogen-bond donors (Lipinski definition) is 5. The third-order valence-electron chi connectivity index (χ3n) is 3.94. The van der Waals surface area contributed by atoms with Gasteiger partial charge in [0.05, 0.1) is 18.6 Å². The number of phosphoric acid groups is 1. The molecular weight excluding hydrogens is 361 g/mol. The standard InChI is InChI=1S/C12H16N3O9P/c1-4-13-10-5(11(19)14-4)2-7(16)15(10)12-9(18)8(17)6(24-12)3-23-25(20,21)22/h6,8-9,12,17-18H,2-3H2,1H3,(H,13,14,19)(H2,20,21,22)/t6-,8-,9-,12-/m1/s1. The zero-order valence-electron chi connectivity index (χ0n) is 12.9. The number of hydrogen-bond acceptors (Lipinski definition) is 8. The average Bonchev–Trinajstić information content (AvgIpc) is 2.95. The zero-order valence-corrected chi connectivity index (χ0v) is 13.8. The summed E-state index contributed by atoms with van der Waals surface area (Å²) in [7, 11) is -4.80. The Labute approximate surface area is 140 Å². The largest absolute Gasteiger partial charge is 0.469 e. The van der Waals surface area contributed by atoms with Gasteiger partial charge < -0.3 is 29.7 Å². The van der Waals surface area contributed by atoms with Gasteiger partial charge in [0.25, 0.3) is 5.56 Å². The second kappa shape index (κ2) is 6.25. The van der Waals surface area contributed by atoms with Crippen molar-refractivity contribution in [1.29, 1.82) is 0 Å². The molecule has 1 amide bonds. The summed E-state index contributed by atoms with van der Waals surface area (Å²) in [5.74, 6) is -0.302. The highest BCUT2D eigenvalue weighted by Gasteiger charge is 2.50. The molecule has 2 aliphatic rings. The van der Waals surface area contributed by atoms with Gasteiger partial charge in [0.2, 0.25) is 5.91 Å². The Bertz CT molecular complexity index is 806. The van der Waals surface area contributed by atoms with E-state index in [1.54, 1.807) is 0 Å². The Morgan fingerprint density at radius 3 is 2.68 bits per heavy atom. The summed E-state index contributed by atoms with van der Waals surface area (Å²) in [6.07, 6.45) is -6.04. The van der Waals surface area contributed by atoms with Crippen LogP contribution in [-0.4, -0.2) is 67.0 Å². The summed E-state index contributed by atoms with van der Waals surface area (Å²) < 4.78 is 20.4. The van der Waals surface area contributed by atoms with E-state index in [1.165, 1.54) is 6.92 Å². The molecule has 0 spiro atoms. The number of anilines is 1. The van der Waals surface area contributed by atoms with Crippen molar-refractivity contribution in [2.24, 2.45) is 0 Å². The summed E-state index contributed by atoms with van der Waals surface area (Å²) in [4.78, 5) is 49.1. The number of ether oxygens (including phenoxy) is 1. The second-order valence-electron chi connectivity index (χ2n) is 5.73. The maximum Gasteiger partial charge on any atom is 0.469 e. The quantitative estimate of drug-likeness (QED) is 0.352. The molecule has 2 aliphatic heterocycles. The van der Waals surface area contributed by atoms with Crippen LogP contribution in [0.25, 0.3) is 0 Å². The topological polar surface area (TPSA) is 183 Å². The number of aliphatic hydroxyl groups is 2. The van der Waals surface area contributed by atoms with Gasteiger partial charge in [-0.25, -0.2) is 9.55 Å². The molecule has 12 nitrogen and oxygen atoms in total. The highest BCUT2D eigenvalue weighted by Crippen LogP contribution is 2.38. The van der Waals surface area contributed by atoms with E-state index in [0.717, 1.165) is 4.90 Å². The smallest absolute Gasteiger partial charge is 0.387 e. The molecule has 4 atom stereocenters. The van der Waals surface area contributed by atoms with Crippen LogP contribution in [0.2, 0.25) is 0 Å². The van der Waals surface area contributed by atoms with Crippen molar-refractivity contribution in [3.05, 3.63) is 21.7 Å². The van der Waals surface area contributed by atoms with Crippen LogP contribution in [-0.2, 0) is 25.0 Å². The van der Waals surface area contributed by atoms with Gasteiger partial charge in [-0.3, -0.25) is 19.0 Å². The van der Waals surface area contributed by atoms with Gasteiger partial charge in [-0.05, 0) is 6.92 Å². The van der Waals surface area contributed by atoms with Crippen molar-refractivity contribution in [1.82, 2.24) is 9.97 Å². The van der Waals surface area contributed by atoms with E-state index in [4.69, 9.17) is 14.5 Å². The molecule has 1 fully saturated rings. The Hall–Kier alpha value is -1.66. The Morgan fingerprint density at radius 2 is 2.04 bits per heavy atom. The molecule has 1 aromatic rings. The predicted molar refractivity (Wildman–Crippen MR) is 79.5 cm³/mol. The van der Waals surface area contributed by atoms with Gasteiger partial charge in [0, 0.05) is 0 Å². The number of fused-ring (bicyclic) bond motifs is 1. The van der Waals surface area contributed by atoms with Crippen LogP contribution >= 0.6 is 7.82 Å². The number of carbonyl (C=O) groups is 1. The molecule has 0 radical (unpaired) electrons. The Kier molecular flexibility index (Phi) is 4.54. The van der Waals surface area contributed by atoms with Crippen molar-refractivity contribution in [2.75, 3.05) is 11.5 Å². The number of phosphoric ester groups is 1. The minimum atomic E-state index is -4.80. The van der Waals surface area contributed by atoms with Gasteiger partial charge in [0.15, 0.2) is 6.23 Å². The van der Waals surface area contributed by atoms with E-state index in [2.05, 4.69) is 14.5 Å². The number of aromatic amines is 1. The summed E-state index contributed by atoms with van der Waals surface area (Å²) in [5.41, 5.74) is -0.386. The lowest BCUT2D eigenvalue weighted by molar-refractivity contribution is -0.121. The number of aryl methyl sites for hydroxylation is 1. The lowest BCUT2D eigenvalue weighted by atomic mass is 10.1. The first-order chi connectivity index (χ1) is 11.6. The molecule has 5 N–H and O–H groups in total. The molecule has 0 unspecified atom stereocenters. The first-order valence-electron chi connectivity index (χ1n) is 7.22. The Morgan fingerprint density at radius 1 is 1.36 bits per heavy atom. The van der Waals surface area contributed by atoms with Crippen molar-refractivity contribution in [3.8, 4) is 0 Å². The predicted octanol–water partition coefficient (Wildman–Crippen LogP) is -2.48. The number of carbonyl (C=O) groups excluding carboxylic acids is 1. The van der Waals surface area contributed by atoms with Crippen LogP contribution in [0.15, 0.2) is 4.79 Å². The minimum absolute atomic E-state index is 0.0130. The van der Waals surface area contributed by atoms with Gasteiger partial charge in [-0.1, -0.05) is 0 Å². The number of amides is 1. The molecule has 0 saturated carbocycles. The maximum atomic E-state index is 12.3. The molecule has 3 heterocycles. The van der Waals surface area contributed by atoms with Gasteiger partial charge in [-0.2, -0.15) is 0 Å². The van der Waals surface area contributed by atoms with Gasteiger partial charge in [-0.15, -0.1) is 0 Å². The van der Waals surface area contributed by atoms with Crippen molar-refractivity contribution >= 4 is 19.5 Å². The lowest BCUT2D eigenvalue weighted by Gasteiger charge is -2.26. The third kappa shape index (κ3) is 3.37. The molecule has 1 aromatic heterocycles. The van der Waals surface area contributed by atoms with E-state index < -0.39 is 50.4 Å². The van der Waals surface area contributed by atoms with Gasteiger partial charge in [0.1, 0.15) is 30.0 Å². The fourth-order valence-corrected chi connectivity index (χ4v) is 3.16. The number of aliphatic hydroxyl groups excluding tert-OH is 2. The Balaban J connectivity index is 1.87. The number of nitrogens with one attached hydrogen (secondary N) is 1. The summed E-state index contributed by atoms with van der Waals surface area (Å²) in [6.45, 7) is 0.815. The minimum Gasteiger partial charge on any atom is -0.387 e. The number of rotatable bonds is 4. The first-order valence-corrected chi connectivity index (χ1v) is 8.75. The van der Waals surface area contributed by atoms with Crippen LogP contribution in [0.4, 0.5) is 5.82 Å². The molecule has 13 heteroatoms. The second-order valence-corrected chi connectivity index (χ2v) is 6.97.